The summed E-state index contributed by atoms with van der Waals surface area (Å²) in [4.78, 5) is 4.01. The monoisotopic (exact) mass is 299 g/mol. The third kappa shape index (κ3) is 2.87. The summed E-state index contributed by atoms with van der Waals surface area (Å²) in [5, 5.41) is 11.6. The van der Waals surface area contributed by atoms with Crippen LogP contribution in [0.5, 0.6) is 0 Å². The third-order valence-corrected chi connectivity index (χ3v) is 3.42. The van der Waals surface area contributed by atoms with E-state index in [-0.39, 0.29) is 0 Å². The molecule has 5 nitrogen and oxygen atoms in total. The minimum absolute atomic E-state index is 0.740. The van der Waals surface area contributed by atoms with Gasteiger partial charge in [0.15, 0.2) is 0 Å². The van der Waals surface area contributed by atoms with Crippen LogP contribution < -0.4 is 0 Å². The second-order valence-corrected chi connectivity index (χ2v) is 5.05. The first-order valence-corrected chi connectivity index (χ1v) is 6.89. The lowest BCUT2D eigenvalue weighted by atomic mass is 10.2. The second-order valence-electron chi connectivity index (χ2n) is 4.61. The maximum absolute atomic E-state index is 5.92. The molecule has 0 saturated carbocycles. The van der Waals surface area contributed by atoms with Crippen molar-refractivity contribution in [1.29, 1.82) is 0 Å². The molecular weight excluding hydrogens is 286 g/mol. The molecule has 2 heterocycles. The van der Waals surface area contributed by atoms with Gasteiger partial charge in [-0.15, -0.1) is 5.10 Å². The first-order valence-electron chi connectivity index (χ1n) is 6.51. The summed E-state index contributed by atoms with van der Waals surface area (Å²) >= 11 is 5.92. The molecular formula is C15H14ClN5. The van der Waals surface area contributed by atoms with Crippen LogP contribution in [-0.4, -0.2) is 33.2 Å². The van der Waals surface area contributed by atoms with Crippen LogP contribution in [0.2, 0.25) is 5.02 Å². The molecule has 0 unspecified atom stereocenters. The highest BCUT2D eigenvalue weighted by Crippen LogP contribution is 2.21. The van der Waals surface area contributed by atoms with Gasteiger partial charge in [-0.05, 0) is 29.8 Å². The largest absolute Gasteiger partial charge is 0.342 e. The smallest absolute Gasteiger partial charge is 0.138 e. The van der Waals surface area contributed by atoms with Crippen molar-refractivity contribution in [2.75, 3.05) is 7.05 Å². The van der Waals surface area contributed by atoms with Crippen molar-refractivity contribution in [3.8, 4) is 11.4 Å². The molecule has 21 heavy (non-hydrogen) atoms. The lowest BCUT2D eigenvalue weighted by molar-refractivity contribution is 0.810. The van der Waals surface area contributed by atoms with Gasteiger partial charge in [0.1, 0.15) is 11.4 Å². The Kier molecular flexibility index (Phi) is 3.83. The molecule has 0 aliphatic rings. The molecule has 0 bridgehead atoms. The topological polar surface area (TPSA) is 58.9 Å². The van der Waals surface area contributed by atoms with E-state index in [0.717, 1.165) is 28.6 Å². The normalized spacial score (nSPS) is 11.3. The zero-order chi connectivity index (χ0) is 14.7. The molecule has 6 heteroatoms. The number of rotatable bonds is 4. The van der Waals surface area contributed by atoms with Crippen LogP contribution in [0.3, 0.4) is 0 Å². The Morgan fingerprint density at radius 2 is 2.10 bits per heavy atom. The van der Waals surface area contributed by atoms with Crippen LogP contribution >= 0.6 is 11.6 Å². The van der Waals surface area contributed by atoms with Crippen LogP contribution in [0.4, 0.5) is 0 Å². The lowest BCUT2D eigenvalue weighted by Gasteiger charge is -2.08. The van der Waals surface area contributed by atoms with Gasteiger partial charge in [-0.3, -0.25) is 10.1 Å². The highest BCUT2D eigenvalue weighted by molar-refractivity contribution is 6.30. The van der Waals surface area contributed by atoms with E-state index in [1.807, 2.05) is 42.6 Å². The van der Waals surface area contributed by atoms with Crippen molar-refractivity contribution >= 4 is 17.8 Å². The zero-order valence-corrected chi connectivity index (χ0v) is 12.2. The molecule has 0 amide bonds. The van der Waals surface area contributed by atoms with Crippen molar-refractivity contribution < 1.29 is 0 Å². The van der Waals surface area contributed by atoms with Gasteiger partial charge in [0.25, 0.3) is 0 Å². The van der Waals surface area contributed by atoms with Crippen LogP contribution in [0.25, 0.3) is 11.4 Å². The van der Waals surface area contributed by atoms with Crippen molar-refractivity contribution in [3.63, 3.8) is 0 Å². The number of aromatic nitrogens is 4. The van der Waals surface area contributed by atoms with Gasteiger partial charge in [-0.2, -0.15) is 0 Å². The average Bonchev–Trinajstić information content (AvgIpc) is 3.10. The molecule has 1 aromatic carbocycles. The molecule has 0 aliphatic heterocycles. The molecule has 0 radical (unpaired) electrons. The lowest BCUT2D eigenvalue weighted by Crippen LogP contribution is -2.01. The molecule has 0 spiro atoms. The van der Waals surface area contributed by atoms with Gasteiger partial charge in [0, 0.05) is 31.0 Å². The number of nitrogens with zero attached hydrogens (tertiary/aromatic N) is 4. The molecule has 2 aromatic heterocycles. The predicted molar refractivity (Wildman–Crippen MR) is 83.9 cm³/mol. The third-order valence-electron chi connectivity index (χ3n) is 3.17. The van der Waals surface area contributed by atoms with Gasteiger partial charge in [-0.25, -0.2) is 0 Å². The molecule has 0 fully saturated rings. The molecule has 0 atom stereocenters. The number of H-pyrrole nitrogens is 1. The van der Waals surface area contributed by atoms with E-state index in [4.69, 9.17) is 11.6 Å². The maximum Gasteiger partial charge on any atom is 0.138 e. The summed E-state index contributed by atoms with van der Waals surface area (Å²) in [6.07, 6.45) is 3.74. The Morgan fingerprint density at radius 1 is 1.29 bits per heavy atom. The number of benzene rings is 1. The minimum Gasteiger partial charge on any atom is -0.342 e. The Morgan fingerprint density at radius 3 is 2.86 bits per heavy atom. The Hall–Kier alpha value is -2.40. The van der Waals surface area contributed by atoms with E-state index in [9.17, 15) is 0 Å². The Bertz CT molecular complexity index is 754. The molecule has 106 valence electrons. The number of hydrogen-bond acceptors (Lipinski definition) is 3. The Balaban J connectivity index is 1.93. The first kappa shape index (κ1) is 13.6. The summed E-state index contributed by atoms with van der Waals surface area (Å²) in [6.45, 7) is 0.745. The second kappa shape index (κ2) is 5.93. The summed E-state index contributed by atoms with van der Waals surface area (Å²) in [7, 11) is 1.72. The minimum atomic E-state index is 0.740. The van der Waals surface area contributed by atoms with Gasteiger partial charge in [0.05, 0.1) is 5.69 Å². The molecule has 3 rings (SSSR count). The Labute approximate surface area is 127 Å². The predicted octanol–water partition coefficient (Wildman–Crippen LogP) is 3.02. The average molecular weight is 300 g/mol. The zero-order valence-electron chi connectivity index (χ0n) is 11.5. The quantitative estimate of drug-likeness (QED) is 0.753. The van der Waals surface area contributed by atoms with E-state index in [1.165, 1.54) is 5.56 Å². The fraction of sp³-hybridized carbons (Fsp3) is 0.133. The van der Waals surface area contributed by atoms with E-state index in [2.05, 4.69) is 25.0 Å². The summed E-state index contributed by atoms with van der Waals surface area (Å²) in [5.41, 5.74) is 3.76. The van der Waals surface area contributed by atoms with E-state index in [0.29, 0.717) is 0 Å². The van der Waals surface area contributed by atoms with Crippen molar-refractivity contribution in [3.05, 3.63) is 58.9 Å². The maximum atomic E-state index is 5.92. The van der Waals surface area contributed by atoms with Crippen molar-refractivity contribution in [2.24, 2.45) is 4.99 Å². The number of aromatic amines is 1. The highest BCUT2D eigenvalue weighted by Gasteiger charge is 2.12. The first-order chi connectivity index (χ1) is 10.3. The van der Waals surface area contributed by atoms with Crippen LogP contribution in [0.15, 0.2) is 47.6 Å². The molecule has 3 aromatic rings. The van der Waals surface area contributed by atoms with Crippen molar-refractivity contribution in [1.82, 2.24) is 20.0 Å². The van der Waals surface area contributed by atoms with Gasteiger partial charge >= 0.3 is 0 Å². The van der Waals surface area contributed by atoms with Crippen LogP contribution in [-0.2, 0) is 6.54 Å². The summed E-state index contributed by atoms with van der Waals surface area (Å²) < 4.78 is 2.12. The molecule has 1 N–H and O–H groups in total. The fourth-order valence-electron chi connectivity index (χ4n) is 2.20. The molecule has 0 aliphatic carbocycles. The SMILES string of the molecule is C/N=C/c1[nH]nnc1-c1cccn1Cc1ccc(Cl)cc1. The molecule has 0 saturated heterocycles. The van der Waals surface area contributed by atoms with Crippen LogP contribution in [0.1, 0.15) is 11.3 Å². The highest BCUT2D eigenvalue weighted by atomic mass is 35.5. The van der Waals surface area contributed by atoms with Crippen molar-refractivity contribution in [2.45, 2.75) is 6.54 Å². The van der Waals surface area contributed by atoms with E-state index in [1.54, 1.807) is 13.3 Å². The van der Waals surface area contributed by atoms with Gasteiger partial charge < -0.3 is 4.57 Å². The van der Waals surface area contributed by atoms with Crippen LogP contribution in [0, 0.1) is 0 Å². The van der Waals surface area contributed by atoms with E-state index < -0.39 is 0 Å². The van der Waals surface area contributed by atoms with E-state index >= 15 is 0 Å². The number of halogens is 1. The van der Waals surface area contributed by atoms with Gasteiger partial charge in [-0.1, -0.05) is 28.9 Å². The number of hydrogen-bond donors (Lipinski definition) is 1. The summed E-state index contributed by atoms with van der Waals surface area (Å²) in [5.74, 6) is 0. The van der Waals surface area contributed by atoms with Gasteiger partial charge in [0.2, 0.25) is 0 Å². The fourth-order valence-corrected chi connectivity index (χ4v) is 2.32. The number of nitrogens with one attached hydrogen (secondary N) is 1. The number of aliphatic imine (C=N–C) groups is 1. The summed E-state index contributed by atoms with van der Waals surface area (Å²) in [6, 6.07) is 11.8. The standard InChI is InChI=1S/C15H14ClN5/c1-17-9-13-15(19-20-18-13)14-3-2-8-21(14)10-11-4-6-12(16)7-5-11/h2-9H,10H2,1H3,(H,18,19,20)/b17-9+.